The summed E-state index contributed by atoms with van der Waals surface area (Å²) < 4.78 is 17.5. The molecule has 8 nitrogen and oxygen atoms in total. The number of para-hydroxylation sites is 2. The summed E-state index contributed by atoms with van der Waals surface area (Å²) in [5, 5.41) is 3.06. The molecule has 226 valence electrons. The molecule has 1 saturated heterocycles. The van der Waals surface area contributed by atoms with Crippen molar-refractivity contribution in [3.05, 3.63) is 118 Å². The molecule has 4 atom stereocenters. The number of amides is 1. The first-order valence-corrected chi connectivity index (χ1v) is 15.2. The minimum absolute atomic E-state index is 0.262. The number of carbonyl (C=O) groups is 3. The lowest BCUT2D eigenvalue weighted by Gasteiger charge is -2.37. The summed E-state index contributed by atoms with van der Waals surface area (Å²) in [6.07, 6.45) is 3.92. The number of hydrogen-bond acceptors (Lipinski definition) is 7. The Hall–Kier alpha value is -4.89. The Bertz CT molecular complexity index is 1880. The highest BCUT2D eigenvalue weighted by Gasteiger charge is 2.70. The van der Waals surface area contributed by atoms with Gasteiger partial charge in [-0.15, -0.1) is 0 Å². The van der Waals surface area contributed by atoms with Crippen LogP contribution in [0, 0.1) is 5.92 Å². The van der Waals surface area contributed by atoms with E-state index in [2.05, 4.69) is 21.2 Å². The molecule has 0 bridgehead atoms. The zero-order chi connectivity index (χ0) is 31.5. The SMILES string of the molecule is COc1cc(C(=O)[C@@H]2[C@H](C(=O)c3ccc(Br)cc3)[C@]3(C(=O)Nc4ccccc43)[C@@H]3C=Cc4ccccc4N23)cc(OC)c1OC. The number of Topliss-reactive ketones (excluding diaryl/α,β-unsaturated/α-hetero) is 2. The number of ketones is 2. The lowest BCUT2D eigenvalue weighted by Crippen LogP contribution is -2.51. The summed E-state index contributed by atoms with van der Waals surface area (Å²) in [5.74, 6) is -1.12. The molecule has 3 aliphatic rings. The predicted octanol–water partition coefficient (Wildman–Crippen LogP) is 6.33. The average molecular weight is 666 g/mol. The van der Waals surface area contributed by atoms with Gasteiger partial charge >= 0.3 is 0 Å². The van der Waals surface area contributed by atoms with Crippen molar-refractivity contribution >= 4 is 50.9 Å². The smallest absolute Gasteiger partial charge is 0.238 e. The fourth-order valence-electron chi connectivity index (χ4n) is 7.31. The summed E-state index contributed by atoms with van der Waals surface area (Å²) in [6, 6.07) is 23.6. The van der Waals surface area contributed by atoms with Gasteiger partial charge in [0.1, 0.15) is 11.5 Å². The molecule has 0 unspecified atom stereocenters. The van der Waals surface area contributed by atoms with Crippen LogP contribution < -0.4 is 24.4 Å². The highest BCUT2D eigenvalue weighted by Crippen LogP contribution is 2.58. The van der Waals surface area contributed by atoms with Gasteiger partial charge in [-0.05, 0) is 47.5 Å². The van der Waals surface area contributed by atoms with Gasteiger partial charge in [0.15, 0.2) is 23.1 Å². The van der Waals surface area contributed by atoms with Crippen LogP contribution in [-0.4, -0.2) is 50.9 Å². The first-order chi connectivity index (χ1) is 21.8. The monoisotopic (exact) mass is 664 g/mol. The van der Waals surface area contributed by atoms with E-state index < -0.39 is 23.4 Å². The van der Waals surface area contributed by atoms with Crippen molar-refractivity contribution < 1.29 is 28.6 Å². The number of nitrogens with one attached hydrogen (secondary N) is 1. The van der Waals surface area contributed by atoms with Crippen molar-refractivity contribution in [1.29, 1.82) is 0 Å². The molecular formula is C36H29BrN2O6. The number of anilines is 2. The summed E-state index contributed by atoms with van der Waals surface area (Å²) in [4.78, 5) is 46.5. The molecule has 0 saturated carbocycles. The van der Waals surface area contributed by atoms with Gasteiger partial charge in [0, 0.05) is 27.0 Å². The van der Waals surface area contributed by atoms with Gasteiger partial charge in [0.2, 0.25) is 11.7 Å². The second-order valence-electron chi connectivity index (χ2n) is 11.2. The third-order valence-corrected chi connectivity index (χ3v) is 9.70. The van der Waals surface area contributed by atoms with E-state index >= 15 is 4.79 Å². The van der Waals surface area contributed by atoms with E-state index in [-0.39, 0.29) is 23.0 Å². The molecule has 3 heterocycles. The summed E-state index contributed by atoms with van der Waals surface area (Å²) >= 11 is 3.46. The number of rotatable bonds is 7. The fourth-order valence-corrected chi connectivity index (χ4v) is 7.57. The van der Waals surface area contributed by atoms with Crippen molar-refractivity contribution in [3.63, 3.8) is 0 Å². The molecule has 9 heteroatoms. The highest BCUT2D eigenvalue weighted by atomic mass is 79.9. The number of methoxy groups -OCH3 is 3. The van der Waals surface area contributed by atoms with Crippen molar-refractivity contribution in [2.45, 2.75) is 17.5 Å². The van der Waals surface area contributed by atoms with E-state index in [0.717, 1.165) is 15.7 Å². The largest absolute Gasteiger partial charge is 0.493 e. The van der Waals surface area contributed by atoms with Crippen molar-refractivity contribution in [2.75, 3.05) is 31.5 Å². The van der Waals surface area contributed by atoms with Crippen LogP contribution in [0.2, 0.25) is 0 Å². The molecule has 3 aliphatic heterocycles. The van der Waals surface area contributed by atoms with Crippen molar-refractivity contribution in [1.82, 2.24) is 0 Å². The van der Waals surface area contributed by atoms with Crippen molar-refractivity contribution in [3.8, 4) is 17.2 Å². The normalized spacial score (nSPS) is 22.4. The molecule has 0 aromatic heterocycles. The number of hydrogen-bond donors (Lipinski definition) is 1. The fraction of sp³-hybridized carbons (Fsp3) is 0.194. The maximum Gasteiger partial charge on any atom is 0.238 e. The molecule has 1 spiro atoms. The van der Waals surface area contributed by atoms with Crippen LogP contribution >= 0.6 is 15.9 Å². The number of benzene rings is 4. The number of ether oxygens (including phenoxy) is 3. The van der Waals surface area contributed by atoms with E-state index in [1.165, 1.54) is 21.3 Å². The second kappa shape index (κ2) is 10.9. The van der Waals surface area contributed by atoms with Crippen LogP contribution in [0.4, 0.5) is 11.4 Å². The quantitative estimate of drug-likeness (QED) is 0.231. The van der Waals surface area contributed by atoms with E-state index in [4.69, 9.17) is 14.2 Å². The Balaban J connectivity index is 1.53. The minimum Gasteiger partial charge on any atom is -0.493 e. The van der Waals surface area contributed by atoms with Crippen LogP contribution in [0.15, 0.2) is 95.5 Å². The van der Waals surface area contributed by atoms with Gasteiger partial charge in [-0.25, -0.2) is 0 Å². The van der Waals surface area contributed by atoms with Gasteiger partial charge in [-0.2, -0.15) is 0 Å². The number of nitrogens with zero attached hydrogens (tertiary/aromatic N) is 1. The van der Waals surface area contributed by atoms with Crippen LogP contribution in [-0.2, 0) is 10.2 Å². The van der Waals surface area contributed by atoms with Gasteiger partial charge < -0.3 is 24.4 Å². The van der Waals surface area contributed by atoms with Gasteiger partial charge in [-0.1, -0.05) is 76.6 Å². The standard InChI is InChI=1S/C36H29BrN2O6/c1-43-27-18-22(19-28(44-2)34(27)45-3)33(41)31-30(32(40)21-12-15-23(37)16-13-21)36(24-9-5-6-10-25(24)38-35(36)42)29-17-14-20-8-4-7-11-26(20)39(29)31/h4-19,29-31H,1-3H3,(H,38,42)/t29-,30+,31-,36+/m0/s1. The molecule has 0 radical (unpaired) electrons. The second-order valence-corrected chi connectivity index (χ2v) is 12.1. The van der Waals surface area contributed by atoms with Crippen LogP contribution in [0.1, 0.15) is 31.8 Å². The van der Waals surface area contributed by atoms with Crippen LogP contribution in [0.25, 0.3) is 6.08 Å². The molecule has 1 N–H and O–H groups in total. The maximum absolute atomic E-state index is 15.1. The Morgan fingerprint density at radius 3 is 2.18 bits per heavy atom. The van der Waals surface area contributed by atoms with Crippen LogP contribution in [0.5, 0.6) is 17.2 Å². The Morgan fingerprint density at radius 2 is 1.49 bits per heavy atom. The molecular weight excluding hydrogens is 636 g/mol. The lowest BCUT2D eigenvalue weighted by atomic mass is 9.64. The highest BCUT2D eigenvalue weighted by molar-refractivity contribution is 9.10. The lowest BCUT2D eigenvalue weighted by molar-refractivity contribution is -0.121. The molecule has 45 heavy (non-hydrogen) atoms. The Kier molecular flexibility index (Phi) is 7.00. The van der Waals surface area contributed by atoms with Crippen LogP contribution in [0.3, 0.4) is 0 Å². The average Bonchev–Trinajstić information content (AvgIpc) is 3.55. The number of carbonyl (C=O) groups excluding carboxylic acids is 3. The number of halogens is 1. The molecule has 4 aromatic carbocycles. The molecule has 7 rings (SSSR count). The zero-order valence-electron chi connectivity index (χ0n) is 24.7. The molecule has 0 aliphatic carbocycles. The first kappa shape index (κ1) is 28.9. The maximum atomic E-state index is 15.1. The molecule has 1 amide bonds. The van der Waals surface area contributed by atoms with Crippen molar-refractivity contribution in [2.24, 2.45) is 5.92 Å². The third-order valence-electron chi connectivity index (χ3n) is 9.17. The molecule has 1 fully saturated rings. The summed E-state index contributed by atoms with van der Waals surface area (Å²) in [7, 11) is 4.46. The first-order valence-electron chi connectivity index (χ1n) is 14.5. The number of fused-ring (bicyclic) bond motifs is 6. The topological polar surface area (TPSA) is 94.2 Å². The van der Waals surface area contributed by atoms with Gasteiger partial charge in [0.25, 0.3) is 0 Å². The molecule has 4 aromatic rings. The van der Waals surface area contributed by atoms with Gasteiger partial charge in [-0.3, -0.25) is 14.4 Å². The zero-order valence-corrected chi connectivity index (χ0v) is 26.3. The minimum atomic E-state index is -1.41. The van der Waals surface area contributed by atoms with Gasteiger partial charge in [0.05, 0.1) is 33.3 Å². The Morgan fingerprint density at radius 1 is 0.822 bits per heavy atom. The Labute approximate surface area is 268 Å². The van der Waals surface area contributed by atoms with E-state index in [9.17, 15) is 9.59 Å². The van der Waals surface area contributed by atoms with E-state index in [0.29, 0.717) is 34.1 Å². The third kappa shape index (κ3) is 4.14. The summed E-state index contributed by atoms with van der Waals surface area (Å²) in [5.41, 5.74) is 2.21. The summed E-state index contributed by atoms with van der Waals surface area (Å²) in [6.45, 7) is 0. The van der Waals surface area contributed by atoms with E-state index in [1.54, 1.807) is 36.4 Å². The predicted molar refractivity (Wildman–Crippen MR) is 175 cm³/mol. The van der Waals surface area contributed by atoms with E-state index in [1.807, 2.05) is 65.6 Å².